The summed E-state index contributed by atoms with van der Waals surface area (Å²) < 4.78 is 0. The topological polar surface area (TPSA) is 29.1 Å². The third kappa shape index (κ3) is 4.16. The summed E-state index contributed by atoms with van der Waals surface area (Å²) in [6.45, 7) is 4.02. The van der Waals surface area contributed by atoms with Gasteiger partial charge in [0.25, 0.3) is 0 Å². The highest BCUT2D eigenvalue weighted by Crippen LogP contribution is 2.29. The summed E-state index contributed by atoms with van der Waals surface area (Å²) in [6, 6.07) is 12.4. The smallest absolute Gasteiger partial charge is 0.232 e. The van der Waals surface area contributed by atoms with Crippen molar-refractivity contribution in [2.45, 2.75) is 19.8 Å². The van der Waals surface area contributed by atoms with Gasteiger partial charge in [-0.15, -0.1) is 0 Å². The average Bonchev–Trinajstić information content (AvgIpc) is 2.45. The van der Waals surface area contributed by atoms with Crippen LogP contribution in [0.25, 0.3) is 0 Å². The molecule has 2 rings (SSSR count). The summed E-state index contributed by atoms with van der Waals surface area (Å²) in [5.41, 5.74) is 1.55. The monoisotopic (exact) mass is 355 g/mol. The van der Waals surface area contributed by atoms with Gasteiger partial charge >= 0.3 is 0 Å². The second-order valence-electron chi connectivity index (χ2n) is 5.39. The standard InChI is InChI=1S/C17H16Cl3NO/c1-10(2)16(11-3-5-12(18)6-4-11)17(22)21-13-7-8-14(19)15(20)9-13/h3-10,16H,1-2H3,(H,21,22)/t16-/m1/s1. The highest BCUT2D eigenvalue weighted by molar-refractivity contribution is 6.42. The number of rotatable bonds is 4. The van der Waals surface area contributed by atoms with Crippen molar-refractivity contribution in [3.8, 4) is 0 Å². The highest BCUT2D eigenvalue weighted by atomic mass is 35.5. The first-order chi connectivity index (χ1) is 10.4. The predicted octanol–water partition coefficient (Wildman–Crippen LogP) is 6.03. The molecule has 0 aliphatic rings. The van der Waals surface area contributed by atoms with Crippen molar-refractivity contribution in [3.63, 3.8) is 0 Å². The van der Waals surface area contributed by atoms with Crippen molar-refractivity contribution in [1.29, 1.82) is 0 Å². The van der Waals surface area contributed by atoms with E-state index in [9.17, 15) is 4.79 Å². The van der Waals surface area contributed by atoms with E-state index in [2.05, 4.69) is 5.32 Å². The molecule has 116 valence electrons. The van der Waals surface area contributed by atoms with E-state index in [1.165, 1.54) is 0 Å². The van der Waals surface area contributed by atoms with Crippen LogP contribution in [0, 0.1) is 5.92 Å². The first-order valence-electron chi connectivity index (χ1n) is 6.90. The van der Waals surface area contributed by atoms with E-state index < -0.39 is 0 Å². The molecule has 0 aromatic heterocycles. The Labute approximate surface area is 145 Å². The van der Waals surface area contributed by atoms with Gasteiger partial charge in [-0.2, -0.15) is 0 Å². The van der Waals surface area contributed by atoms with Gasteiger partial charge in [-0.25, -0.2) is 0 Å². The van der Waals surface area contributed by atoms with Crippen molar-refractivity contribution in [2.24, 2.45) is 5.92 Å². The zero-order chi connectivity index (χ0) is 16.3. The number of halogens is 3. The average molecular weight is 357 g/mol. The Kier molecular flexibility index (Phi) is 5.74. The van der Waals surface area contributed by atoms with Crippen LogP contribution in [0.5, 0.6) is 0 Å². The molecule has 1 amide bonds. The maximum absolute atomic E-state index is 12.6. The van der Waals surface area contributed by atoms with E-state index in [0.717, 1.165) is 5.56 Å². The van der Waals surface area contributed by atoms with E-state index >= 15 is 0 Å². The maximum atomic E-state index is 12.6. The molecule has 2 aromatic rings. The zero-order valence-corrected chi connectivity index (χ0v) is 14.5. The number of carbonyl (C=O) groups excluding carboxylic acids is 1. The second kappa shape index (κ2) is 7.36. The van der Waals surface area contributed by atoms with Gasteiger partial charge in [0.15, 0.2) is 0 Å². The van der Waals surface area contributed by atoms with E-state index in [4.69, 9.17) is 34.8 Å². The molecule has 0 aliphatic heterocycles. The highest BCUT2D eigenvalue weighted by Gasteiger charge is 2.24. The van der Waals surface area contributed by atoms with Gasteiger partial charge in [0.05, 0.1) is 16.0 Å². The number of hydrogen-bond acceptors (Lipinski definition) is 1. The summed E-state index contributed by atoms with van der Waals surface area (Å²) in [7, 11) is 0. The second-order valence-corrected chi connectivity index (χ2v) is 6.64. The van der Waals surface area contributed by atoms with Crippen LogP contribution >= 0.6 is 34.8 Å². The molecule has 1 N–H and O–H groups in total. The molecule has 5 heteroatoms. The van der Waals surface area contributed by atoms with Crippen LogP contribution in [0.4, 0.5) is 5.69 Å². The Balaban J connectivity index is 2.23. The lowest BCUT2D eigenvalue weighted by molar-refractivity contribution is -0.118. The van der Waals surface area contributed by atoms with Gasteiger partial charge in [-0.1, -0.05) is 60.8 Å². The molecule has 0 fully saturated rings. The van der Waals surface area contributed by atoms with E-state index in [1.54, 1.807) is 30.3 Å². The molecule has 0 aliphatic carbocycles. The van der Waals surface area contributed by atoms with Crippen molar-refractivity contribution in [1.82, 2.24) is 0 Å². The Hall–Kier alpha value is -1.22. The first-order valence-corrected chi connectivity index (χ1v) is 8.03. The fourth-order valence-electron chi connectivity index (χ4n) is 2.30. The fourth-order valence-corrected chi connectivity index (χ4v) is 2.73. The van der Waals surface area contributed by atoms with Gasteiger partial charge in [-0.3, -0.25) is 4.79 Å². The van der Waals surface area contributed by atoms with Crippen LogP contribution in [-0.2, 0) is 4.79 Å². The SMILES string of the molecule is CC(C)[C@@H](C(=O)Nc1ccc(Cl)c(Cl)c1)c1ccc(Cl)cc1. The van der Waals surface area contributed by atoms with Gasteiger partial charge in [0.2, 0.25) is 5.91 Å². The fraction of sp³-hybridized carbons (Fsp3) is 0.235. The van der Waals surface area contributed by atoms with Crippen LogP contribution in [-0.4, -0.2) is 5.91 Å². The molecule has 2 aromatic carbocycles. The van der Waals surface area contributed by atoms with E-state index in [0.29, 0.717) is 20.8 Å². The molecule has 0 bridgehead atoms. The summed E-state index contributed by atoms with van der Waals surface area (Å²) in [5.74, 6) is -0.216. The quantitative estimate of drug-likeness (QED) is 0.712. The summed E-state index contributed by atoms with van der Waals surface area (Å²) in [4.78, 5) is 12.6. The van der Waals surface area contributed by atoms with Gasteiger partial charge in [0, 0.05) is 10.7 Å². The predicted molar refractivity (Wildman–Crippen MR) is 94.1 cm³/mol. The molecule has 1 atom stereocenters. The summed E-state index contributed by atoms with van der Waals surface area (Å²) in [5, 5.41) is 4.40. The normalized spacial score (nSPS) is 12.3. The lowest BCUT2D eigenvalue weighted by atomic mass is 9.87. The minimum atomic E-state index is -0.272. The molecule has 0 saturated heterocycles. The first kappa shape index (κ1) is 17.1. The Morgan fingerprint density at radius 2 is 1.59 bits per heavy atom. The Bertz CT molecular complexity index is 668. The summed E-state index contributed by atoms with van der Waals surface area (Å²) >= 11 is 17.8. The number of nitrogens with one attached hydrogen (secondary N) is 1. The molecule has 0 spiro atoms. The molecule has 22 heavy (non-hydrogen) atoms. The van der Waals surface area contributed by atoms with Crippen LogP contribution < -0.4 is 5.32 Å². The molecule has 0 unspecified atom stereocenters. The molecule has 0 heterocycles. The molecule has 2 nitrogen and oxygen atoms in total. The number of hydrogen-bond donors (Lipinski definition) is 1. The number of benzene rings is 2. The van der Waals surface area contributed by atoms with Crippen molar-refractivity contribution < 1.29 is 4.79 Å². The van der Waals surface area contributed by atoms with E-state index in [1.807, 2.05) is 26.0 Å². The van der Waals surface area contributed by atoms with Crippen LogP contribution in [0.1, 0.15) is 25.3 Å². The minimum Gasteiger partial charge on any atom is -0.326 e. The van der Waals surface area contributed by atoms with Crippen LogP contribution in [0.2, 0.25) is 15.1 Å². The lowest BCUT2D eigenvalue weighted by Gasteiger charge is -2.21. The molecular formula is C17H16Cl3NO. The molecule has 0 radical (unpaired) electrons. The van der Waals surface area contributed by atoms with Crippen molar-refractivity contribution >= 4 is 46.4 Å². The number of anilines is 1. The van der Waals surface area contributed by atoms with Gasteiger partial charge < -0.3 is 5.32 Å². The van der Waals surface area contributed by atoms with Crippen LogP contribution in [0.15, 0.2) is 42.5 Å². The molecular weight excluding hydrogens is 341 g/mol. The number of carbonyl (C=O) groups is 1. The third-order valence-corrected chi connectivity index (χ3v) is 4.36. The minimum absolute atomic E-state index is 0.0873. The number of amides is 1. The van der Waals surface area contributed by atoms with Gasteiger partial charge in [-0.05, 0) is 41.8 Å². The maximum Gasteiger partial charge on any atom is 0.232 e. The third-order valence-electron chi connectivity index (χ3n) is 3.37. The Morgan fingerprint density at radius 3 is 2.14 bits per heavy atom. The van der Waals surface area contributed by atoms with Crippen LogP contribution in [0.3, 0.4) is 0 Å². The van der Waals surface area contributed by atoms with E-state index in [-0.39, 0.29) is 17.7 Å². The Morgan fingerprint density at radius 1 is 0.955 bits per heavy atom. The zero-order valence-electron chi connectivity index (χ0n) is 12.2. The molecule has 0 saturated carbocycles. The van der Waals surface area contributed by atoms with Crippen molar-refractivity contribution in [2.75, 3.05) is 5.32 Å². The lowest BCUT2D eigenvalue weighted by Crippen LogP contribution is -2.25. The summed E-state index contributed by atoms with van der Waals surface area (Å²) in [6.07, 6.45) is 0. The van der Waals surface area contributed by atoms with Gasteiger partial charge in [0.1, 0.15) is 0 Å². The largest absolute Gasteiger partial charge is 0.326 e. The van der Waals surface area contributed by atoms with Crippen molar-refractivity contribution in [3.05, 3.63) is 63.1 Å².